The van der Waals surface area contributed by atoms with E-state index in [1.165, 1.54) is 40.9 Å². The van der Waals surface area contributed by atoms with Crippen LogP contribution in [0.1, 0.15) is 24.6 Å². The van der Waals surface area contributed by atoms with Crippen LogP contribution in [0.3, 0.4) is 0 Å². The second-order valence-electron chi connectivity index (χ2n) is 8.49. The third kappa shape index (κ3) is 4.87. The molecule has 0 radical (unpaired) electrons. The van der Waals surface area contributed by atoms with Gasteiger partial charge in [-0.2, -0.15) is 10.4 Å². The summed E-state index contributed by atoms with van der Waals surface area (Å²) in [6.07, 6.45) is -2.82. The first-order valence-electron chi connectivity index (χ1n) is 11.5. The van der Waals surface area contributed by atoms with Gasteiger partial charge in [0.05, 0.1) is 18.3 Å². The summed E-state index contributed by atoms with van der Waals surface area (Å²) in [6, 6.07) is 9.52. The van der Waals surface area contributed by atoms with E-state index >= 15 is 0 Å². The lowest BCUT2D eigenvalue weighted by atomic mass is 9.92. The summed E-state index contributed by atoms with van der Waals surface area (Å²) in [5.74, 6) is -1.52. The second kappa shape index (κ2) is 10.6. The molecule has 1 aliphatic heterocycles. The summed E-state index contributed by atoms with van der Waals surface area (Å²) < 4.78 is 25.4. The normalized spacial score (nSPS) is 23.9. The molecule has 1 fully saturated rings. The molecule has 1 aliphatic rings. The number of carbonyl (C=O) groups is 2. The van der Waals surface area contributed by atoms with Crippen LogP contribution in [0, 0.1) is 17.1 Å². The monoisotopic (exact) mass is 512 g/mol. The molecular formula is C24H25FN6O6. The number of nitriles is 1. The molecule has 194 valence electrons. The third-order valence-electron chi connectivity index (χ3n) is 6.11. The minimum absolute atomic E-state index is 0.0224. The maximum absolute atomic E-state index is 13.1. The lowest BCUT2D eigenvalue weighted by molar-refractivity contribution is -0.156. The van der Waals surface area contributed by atoms with Crippen molar-refractivity contribution in [2.24, 2.45) is 5.73 Å². The highest BCUT2D eigenvalue weighted by Gasteiger charge is 2.59. The van der Waals surface area contributed by atoms with Gasteiger partial charge < -0.3 is 30.7 Å². The van der Waals surface area contributed by atoms with Crippen molar-refractivity contribution in [3.05, 3.63) is 59.8 Å². The Morgan fingerprint density at radius 3 is 2.73 bits per heavy atom. The van der Waals surface area contributed by atoms with Crippen molar-refractivity contribution in [1.82, 2.24) is 14.6 Å². The molecule has 0 spiro atoms. The lowest BCUT2D eigenvalue weighted by Crippen LogP contribution is -2.43. The smallest absolute Gasteiger partial charge is 0.305 e. The Hall–Kier alpha value is -3.96. The van der Waals surface area contributed by atoms with Crippen LogP contribution in [0.5, 0.6) is 0 Å². The number of rotatable bonds is 8. The van der Waals surface area contributed by atoms with Gasteiger partial charge in [-0.3, -0.25) is 9.59 Å². The van der Waals surface area contributed by atoms with Gasteiger partial charge in [0.2, 0.25) is 11.5 Å². The van der Waals surface area contributed by atoms with Crippen molar-refractivity contribution in [1.29, 1.82) is 5.26 Å². The molecule has 0 saturated carbocycles. The Labute approximate surface area is 210 Å². The Kier molecular flexibility index (Phi) is 7.46. The van der Waals surface area contributed by atoms with Gasteiger partial charge in [0, 0.05) is 6.42 Å². The van der Waals surface area contributed by atoms with E-state index < -0.39 is 54.3 Å². The molecule has 0 unspecified atom stereocenters. The number of fused-ring (bicyclic) bond motifs is 1. The number of nitrogens with two attached hydrogens (primary N) is 1. The highest BCUT2D eigenvalue weighted by Crippen LogP contribution is 2.41. The van der Waals surface area contributed by atoms with Crippen LogP contribution in [0.2, 0.25) is 0 Å². The van der Waals surface area contributed by atoms with E-state index in [0.29, 0.717) is 5.56 Å². The van der Waals surface area contributed by atoms with Crippen LogP contribution < -0.4 is 11.1 Å². The van der Waals surface area contributed by atoms with Gasteiger partial charge in [-0.1, -0.05) is 19.1 Å². The molecule has 12 nitrogen and oxygen atoms in total. The predicted molar refractivity (Wildman–Crippen MR) is 125 cm³/mol. The molecular weight excluding hydrogens is 487 g/mol. The molecule has 3 aromatic rings. The molecule has 13 heteroatoms. The van der Waals surface area contributed by atoms with Crippen LogP contribution in [-0.2, 0) is 31.1 Å². The van der Waals surface area contributed by atoms with Crippen LogP contribution in [0.25, 0.3) is 5.52 Å². The van der Waals surface area contributed by atoms with Crippen molar-refractivity contribution in [2.75, 3.05) is 11.9 Å². The number of carbonyl (C=O) groups excluding carboxylic acids is 2. The van der Waals surface area contributed by atoms with E-state index in [2.05, 4.69) is 15.4 Å². The van der Waals surface area contributed by atoms with Crippen molar-refractivity contribution < 1.29 is 33.7 Å². The SMILES string of the molecule is CCC(=O)O[C@H]1[C@@H](O)[C@](C#N)(c2ccc3c(NC(=O)[C@@H](N)Cc4ccc(F)cc4)ncnn23)O[C@@H]1CO. The van der Waals surface area contributed by atoms with E-state index in [0.717, 1.165) is 6.33 Å². The van der Waals surface area contributed by atoms with Gasteiger partial charge in [-0.25, -0.2) is 13.9 Å². The van der Waals surface area contributed by atoms with E-state index in [4.69, 9.17) is 15.2 Å². The number of aromatic nitrogens is 3. The van der Waals surface area contributed by atoms with Crippen molar-refractivity contribution in [2.45, 2.75) is 49.7 Å². The predicted octanol–water partition coefficient (Wildman–Crippen LogP) is 0.170. The number of aliphatic hydroxyl groups is 2. The van der Waals surface area contributed by atoms with Gasteiger partial charge in [-0.05, 0) is 36.2 Å². The summed E-state index contributed by atoms with van der Waals surface area (Å²) in [4.78, 5) is 28.7. The zero-order chi connectivity index (χ0) is 26.7. The lowest BCUT2D eigenvalue weighted by Gasteiger charge is -2.24. The van der Waals surface area contributed by atoms with E-state index in [9.17, 15) is 29.5 Å². The number of hydrogen-bond acceptors (Lipinski definition) is 10. The molecule has 1 aromatic carbocycles. The molecule has 1 amide bonds. The van der Waals surface area contributed by atoms with Gasteiger partial charge in [0.1, 0.15) is 35.9 Å². The Balaban J connectivity index is 1.61. The molecule has 37 heavy (non-hydrogen) atoms. The zero-order valence-corrected chi connectivity index (χ0v) is 19.7. The van der Waals surface area contributed by atoms with Gasteiger partial charge in [0.25, 0.3) is 0 Å². The van der Waals surface area contributed by atoms with E-state index in [-0.39, 0.29) is 29.9 Å². The minimum atomic E-state index is -2.05. The quantitative estimate of drug-likeness (QED) is 0.303. The zero-order valence-electron chi connectivity index (χ0n) is 19.7. The first kappa shape index (κ1) is 26.1. The summed E-state index contributed by atoms with van der Waals surface area (Å²) in [5, 5.41) is 37.6. The molecule has 5 atom stereocenters. The molecule has 1 saturated heterocycles. The van der Waals surface area contributed by atoms with Gasteiger partial charge >= 0.3 is 5.97 Å². The topological polar surface area (TPSA) is 185 Å². The summed E-state index contributed by atoms with van der Waals surface area (Å²) in [6.45, 7) is 0.947. The summed E-state index contributed by atoms with van der Waals surface area (Å²) in [7, 11) is 0. The fourth-order valence-electron chi connectivity index (χ4n) is 4.18. The molecule has 4 rings (SSSR count). The molecule has 0 aliphatic carbocycles. The van der Waals surface area contributed by atoms with Crippen LogP contribution in [0.15, 0.2) is 42.7 Å². The Morgan fingerprint density at radius 1 is 1.35 bits per heavy atom. The second-order valence-corrected chi connectivity index (χ2v) is 8.49. The number of amides is 1. The largest absolute Gasteiger partial charge is 0.457 e. The number of nitrogens with one attached hydrogen (secondary N) is 1. The molecule has 2 aromatic heterocycles. The van der Waals surface area contributed by atoms with Gasteiger partial charge in [-0.15, -0.1) is 0 Å². The van der Waals surface area contributed by atoms with Crippen LogP contribution >= 0.6 is 0 Å². The number of ether oxygens (including phenoxy) is 2. The number of nitrogens with zero attached hydrogens (tertiary/aromatic N) is 4. The Morgan fingerprint density at radius 2 is 2.08 bits per heavy atom. The van der Waals surface area contributed by atoms with Gasteiger partial charge in [0.15, 0.2) is 11.9 Å². The number of halogens is 1. The minimum Gasteiger partial charge on any atom is -0.457 e. The number of hydrogen-bond donors (Lipinski definition) is 4. The van der Waals surface area contributed by atoms with E-state index in [1.807, 2.05) is 6.07 Å². The number of aliphatic hydroxyl groups excluding tert-OH is 2. The van der Waals surface area contributed by atoms with Crippen LogP contribution in [0.4, 0.5) is 10.2 Å². The summed E-state index contributed by atoms with van der Waals surface area (Å²) >= 11 is 0. The Bertz CT molecular complexity index is 1340. The maximum atomic E-state index is 13.1. The third-order valence-corrected chi connectivity index (χ3v) is 6.11. The average molecular weight is 512 g/mol. The van der Waals surface area contributed by atoms with Crippen LogP contribution in [-0.4, -0.2) is 67.6 Å². The average Bonchev–Trinajstić information content (AvgIpc) is 3.45. The number of anilines is 1. The first-order valence-corrected chi connectivity index (χ1v) is 11.5. The first-order chi connectivity index (χ1) is 17.7. The maximum Gasteiger partial charge on any atom is 0.305 e. The van der Waals surface area contributed by atoms with Crippen molar-refractivity contribution >= 4 is 23.2 Å². The fourth-order valence-corrected chi connectivity index (χ4v) is 4.18. The van der Waals surface area contributed by atoms with E-state index in [1.54, 1.807) is 6.92 Å². The standard InChI is InChI=1S/C24H25FN6O6/c1-2-19(33)36-20-17(10-32)37-24(11-26,21(20)34)18-8-7-16-22(28-12-29-31(16)18)30-23(35)15(27)9-13-3-5-14(25)6-4-13/h3-8,12,15,17,20-21,32,34H,2,9-10,27H2,1H3,(H,28,29,30,35)/t15-,17+,20+,21+,24-/m0/s1. The number of benzene rings is 1. The highest BCUT2D eigenvalue weighted by molar-refractivity contribution is 5.97. The van der Waals surface area contributed by atoms with Crippen molar-refractivity contribution in [3.63, 3.8) is 0 Å². The van der Waals surface area contributed by atoms with Crippen molar-refractivity contribution in [3.8, 4) is 6.07 Å². The number of esters is 1. The molecule has 0 bridgehead atoms. The fraction of sp³-hybridized carbons (Fsp3) is 0.375. The molecule has 3 heterocycles. The highest BCUT2D eigenvalue weighted by atomic mass is 19.1. The molecule has 5 N–H and O–H groups in total. The summed E-state index contributed by atoms with van der Waals surface area (Å²) in [5.41, 5.74) is 4.98.